The molecule has 0 saturated heterocycles. The molecule has 0 fully saturated rings. The van der Waals surface area contributed by atoms with E-state index in [2.05, 4.69) is 4.98 Å². The first kappa shape index (κ1) is 16.9. The summed E-state index contributed by atoms with van der Waals surface area (Å²) in [6, 6.07) is 11.5. The molecule has 0 radical (unpaired) electrons. The number of hydrogen-bond acceptors (Lipinski definition) is 7. The van der Waals surface area contributed by atoms with E-state index in [1.165, 1.54) is 22.6 Å². The van der Waals surface area contributed by atoms with Crippen LogP contribution in [0.2, 0.25) is 0 Å². The van der Waals surface area contributed by atoms with Crippen molar-refractivity contribution in [3.05, 3.63) is 73.0 Å². The normalized spacial score (nSPS) is 12.0. The third kappa shape index (κ3) is 2.83. The SMILES string of the molecule is CC(=O)Oc1c(/C=c2\sc3nc4ccccc4n3c2=O)cccc1[N+](=O)[O-]. The Kier molecular flexibility index (Phi) is 3.93. The maximum absolute atomic E-state index is 12.8. The molecule has 2 aromatic heterocycles. The second kappa shape index (κ2) is 6.29. The van der Waals surface area contributed by atoms with Crippen LogP contribution in [0.15, 0.2) is 47.3 Å². The van der Waals surface area contributed by atoms with E-state index in [1.807, 2.05) is 18.2 Å². The molecule has 8 nitrogen and oxygen atoms in total. The van der Waals surface area contributed by atoms with Gasteiger partial charge >= 0.3 is 11.7 Å². The second-order valence-corrected chi connectivity index (χ2v) is 6.69. The molecule has 0 N–H and O–H groups in total. The number of benzene rings is 2. The third-order valence-corrected chi connectivity index (χ3v) is 4.87. The lowest BCUT2D eigenvalue weighted by Gasteiger charge is -2.05. The number of aromatic nitrogens is 2. The molecule has 0 saturated carbocycles. The summed E-state index contributed by atoms with van der Waals surface area (Å²) in [5.74, 6) is -0.876. The molecule has 9 heteroatoms. The number of imidazole rings is 1. The molecule has 0 aliphatic carbocycles. The van der Waals surface area contributed by atoms with Crippen molar-refractivity contribution in [3.8, 4) is 5.75 Å². The summed E-state index contributed by atoms with van der Waals surface area (Å²) in [6.45, 7) is 1.16. The molecule has 27 heavy (non-hydrogen) atoms. The molecule has 0 aliphatic heterocycles. The van der Waals surface area contributed by atoms with E-state index >= 15 is 0 Å². The summed E-state index contributed by atoms with van der Waals surface area (Å²) in [4.78, 5) is 39.7. The van der Waals surface area contributed by atoms with E-state index in [0.29, 0.717) is 20.5 Å². The molecule has 4 rings (SSSR count). The predicted octanol–water partition coefficient (Wildman–Crippen LogP) is 2.29. The zero-order valence-corrected chi connectivity index (χ0v) is 14.7. The molecule has 0 aliphatic rings. The van der Waals surface area contributed by atoms with Crippen molar-refractivity contribution in [2.45, 2.75) is 6.92 Å². The zero-order chi connectivity index (χ0) is 19.1. The van der Waals surface area contributed by atoms with Gasteiger partial charge in [-0.1, -0.05) is 35.6 Å². The van der Waals surface area contributed by atoms with Gasteiger partial charge in [0.15, 0.2) is 4.96 Å². The molecule has 2 heterocycles. The minimum Gasteiger partial charge on any atom is -0.419 e. The molecule has 4 aromatic rings. The van der Waals surface area contributed by atoms with Gasteiger partial charge in [0, 0.05) is 18.6 Å². The number of carbonyl (C=O) groups excluding carboxylic acids is 1. The van der Waals surface area contributed by atoms with Crippen LogP contribution in [0.4, 0.5) is 5.69 Å². The first-order valence-electron chi connectivity index (χ1n) is 7.83. The highest BCUT2D eigenvalue weighted by Gasteiger charge is 2.20. The van der Waals surface area contributed by atoms with Crippen LogP contribution in [0.3, 0.4) is 0 Å². The predicted molar refractivity (Wildman–Crippen MR) is 100 cm³/mol. The fourth-order valence-electron chi connectivity index (χ4n) is 2.81. The lowest BCUT2D eigenvalue weighted by molar-refractivity contribution is -0.385. The largest absolute Gasteiger partial charge is 0.419 e. The molecule has 2 aromatic carbocycles. The van der Waals surface area contributed by atoms with E-state index in [0.717, 1.165) is 18.3 Å². The highest BCUT2D eigenvalue weighted by atomic mass is 32.1. The van der Waals surface area contributed by atoms with Gasteiger partial charge in [0.25, 0.3) is 5.56 Å². The van der Waals surface area contributed by atoms with Gasteiger partial charge in [-0.2, -0.15) is 0 Å². The summed E-state index contributed by atoms with van der Waals surface area (Å²) >= 11 is 1.16. The standard InChI is InChI=1S/C18H11N3O5S/c1-10(22)26-16-11(5-4-8-14(16)21(24)25)9-15-17(23)20-13-7-3-2-6-12(13)19-18(20)27-15/h2-9H,1H3/b15-9-. The Hall–Kier alpha value is -3.59. The number of nitrogens with zero attached hydrogens (tertiary/aromatic N) is 3. The summed E-state index contributed by atoms with van der Waals surface area (Å²) < 4.78 is 6.87. The number of fused-ring (bicyclic) bond motifs is 3. The van der Waals surface area contributed by atoms with Gasteiger partial charge in [0.2, 0.25) is 5.75 Å². The van der Waals surface area contributed by atoms with Crippen LogP contribution >= 0.6 is 11.3 Å². The minimum absolute atomic E-state index is 0.190. The van der Waals surface area contributed by atoms with Crippen molar-refractivity contribution in [3.63, 3.8) is 0 Å². The van der Waals surface area contributed by atoms with Crippen molar-refractivity contribution in [1.29, 1.82) is 0 Å². The topological polar surface area (TPSA) is 104 Å². The summed E-state index contributed by atoms with van der Waals surface area (Å²) in [5, 5.41) is 11.2. The summed E-state index contributed by atoms with van der Waals surface area (Å²) in [7, 11) is 0. The number of thiazole rings is 1. The average Bonchev–Trinajstić information content (AvgIpc) is 3.12. The smallest absolute Gasteiger partial charge is 0.312 e. The third-order valence-electron chi connectivity index (χ3n) is 3.90. The van der Waals surface area contributed by atoms with Gasteiger partial charge < -0.3 is 4.74 Å². The number of nitro groups is 1. The van der Waals surface area contributed by atoms with Crippen LogP contribution in [-0.2, 0) is 4.79 Å². The van der Waals surface area contributed by atoms with Crippen LogP contribution in [0, 0.1) is 10.1 Å². The molecular formula is C18H11N3O5S. The Morgan fingerprint density at radius 2 is 2.04 bits per heavy atom. The van der Waals surface area contributed by atoms with E-state index in [1.54, 1.807) is 12.1 Å². The van der Waals surface area contributed by atoms with E-state index in [-0.39, 0.29) is 22.6 Å². The van der Waals surface area contributed by atoms with Crippen LogP contribution in [0.1, 0.15) is 12.5 Å². The first-order chi connectivity index (χ1) is 13.0. The van der Waals surface area contributed by atoms with Crippen molar-refractivity contribution in [2.24, 2.45) is 0 Å². The Labute approximate surface area is 155 Å². The Bertz CT molecular complexity index is 1340. The van der Waals surface area contributed by atoms with Gasteiger partial charge in [0.05, 0.1) is 20.5 Å². The lowest BCUT2D eigenvalue weighted by atomic mass is 10.1. The zero-order valence-electron chi connectivity index (χ0n) is 13.9. The number of para-hydroxylation sites is 3. The fourth-order valence-corrected chi connectivity index (χ4v) is 3.79. The summed E-state index contributed by atoms with van der Waals surface area (Å²) in [6.07, 6.45) is 1.47. The van der Waals surface area contributed by atoms with Crippen LogP contribution in [0.5, 0.6) is 5.75 Å². The quantitative estimate of drug-likeness (QED) is 0.233. The van der Waals surface area contributed by atoms with Gasteiger partial charge in [-0.15, -0.1) is 0 Å². The second-order valence-electron chi connectivity index (χ2n) is 5.68. The van der Waals surface area contributed by atoms with Gasteiger partial charge in [-0.05, 0) is 18.2 Å². The number of carbonyl (C=O) groups is 1. The van der Waals surface area contributed by atoms with E-state index in [4.69, 9.17) is 4.74 Å². The van der Waals surface area contributed by atoms with Gasteiger partial charge in [-0.25, -0.2) is 9.38 Å². The molecule has 0 spiro atoms. The number of hydrogen-bond donors (Lipinski definition) is 0. The minimum atomic E-state index is -0.687. The maximum Gasteiger partial charge on any atom is 0.312 e. The van der Waals surface area contributed by atoms with Crippen LogP contribution in [0.25, 0.3) is 22.1 Å². The Morgan fingerprint density at radius 1 is 1.26 bits per heavy atom. The van der Waals surface area contributed by atoms with Crippen molar-refractivity contribution in [2.75, 3.05) is 0 Å². The lowest BCUT2D eigenvalue weighted by Crippen LogP contribution is -2.22. The number of esters is 1. The highest BCUT2D eigenvalue weighted by Crippen LogP contribution is 2.31. The molecule has 134 valence electrons. The van der Waals surface area contributed by atoms with Crippen LogP contribution in [-0.4, -0.2) is 20.3 Å². The number of rotatable bonds is 3. The fraction of sp³-hybridized carbons (Fsp3) is 0.0556. The van der Waals surface area contributed by atoms with Crippen molar-refractivity contribution < 1.29 is 14.5 Å². The Balaban J connectivity index is 1.98. The molecule has 0 amide bonds. The monoisotopic (exact) mass is 381 g/mol. The maximum atomic E-state index is 12.8. The van der Waals surface area contributed by atoms with Crippen molar-refractivity contribution >= 4 is 45.1 Å². The van der Waals surface area contributed by atoms with Crippen LogP contribution < -0.4 is 14.8 Å². The molecule has 0 unspecified atom stereocenters. The summed E-state index contributed by atoms with van der Waals surface area (Å²) in [5.41, 5.74) is 1.03. The Morgan fingerprint density at radius 3 is 2.78 bits per heavy atom. The number of nitro benzene ring substituents is 1. The molecule has 0 atom stereocenters. The average molecular weight is 381 g/mol. The number of ether oxygens (including phenoxy) is 1. The highest BCUT2D eigenvalue weighted by molar-refractivity contribution is 7.15. The van der Waals surface area contributed by atoms with Gasteiger partial charge in [0.1, 0.15) is 0 Å². The molecular weight excluding hydrogens is 370 g/mol. The first-order valence-corrected chi connectivity index (χ1v) is 8.65. The van der Waals surface area contributed by atoms with Crippen molar-refractivity contribution in [1.82, 2.24) is 9.38 Å². The molecule has 0 bridgehead atoms. The van der Waals surface area contributed by atoms with E-state index < -0.39 is 10.9 Å². The van der Waals surface area contributed by atoms with Gasteiger partial charge in [-0.3, -0.25) is 19.7 Å². The van der Waals surface area contributed by atoms with E-state index in [9.17, 15) is 19.7 Å².